The third-order valence-corrected chi connectivity index (χ3v) is 4.43. The summed E-state index contributed by atoms with van der Waals surface area (Å²) in [6, 6.07) is 21.6. The largest absolute Gasteiger partial charge is 0.235 e. The van der Waals surface area contributed by atoms with Crippen molar-refractivity contribution < 1.29 is 0 Å². The summed E-state index contributed by atoms with van der Waals surface area (Å²) in [4.78, 5) is 6.65. The Hall–Kier alpha value is -1.48. The monoisotopic (exact) mass is 331 g/mol. The lowest BCUT2D eigenvalue weighted by Gasteiger charge is -2.09. The van der Waals surface area contributed by atoms with Gasteiger partial charge in [-0.1, -0.05) is 65.3 Å². The van der Waals surface area contributed by atoms with Gasteiger partial charge in [0.05, 0.1) is 5.69 Å². The molecule has 1 nitrogen and oxygen atoms in total. The molecule has 0 N–H and O–H groups in total. The zero-order valence-electron chi connectivity index (χ0n) is 11.0. The molecule has 0 bridgehead atoms. The van der Waals surface area contributed by atoms with Crippen LogP contribution in [0.3, 0.4) is 0 Å². The van der Waals surface area contributed by atoms with Crippen LogP contribution in [0.5, 0.6) is 0 Å². The van der Waals surface area contributed by atoms with Crippen molar-refractivity contribution in [1.82, 2.24) is 4.98 Å². The van der Waals surface area contributed by atoms with Crippen molar-refractivity contribution in [2.75, 3.05) is 0 Å². The Balaban J connectivity index is 2.00. The van der Waals surface area contributed by atoms with E-state index >= 15 is 0 Å². The maximum atomic E-state index is 6.05. The highest BCUT2D eigenvalue weighted by atomic mass is 35.5. The van der Waals surface area contributed by atoms with Gasteiger partial charge in [-0.05, 0) is 36.4 Å². The van der Waals surface area contributed by atoms with Crippen LogP contribution in [0.25, 0.3) is 11.3 Å². The maximum Gasteiger partial charge on any atom is 0.129 e. The summed E-state index contributed by atoms with van der Waals surface area (Å²) < 4.78 is 0. The van der Waals surface area contributed by atoms with Gasteiger partial charge in [0.25, 0.3) is 0 Å². The summed E-state index contributed by atoms with van der Waals surface area (Å²) in [7, 11) is 0. The standard InChI is InChI=1S/C17H11Cl2NS/c18-13-6-8-14(9-7-13)21-15-10-11-16(19)20-17(15)12-4-2-1-3-5-12/h1-11H. The van der Waals surface area contributed by atoms with Gasteiger partial charge in [0, 0.05) is 20.4 Å². The van der Waals surface area contributed by atoms with Crippen LogP contribution in [0.15, 0.2) is 76.5 Å². The molecule has 4 heteroatoms. The number of nitrogens with zero attached hydrogens (tertiary/aromatic N) is 1. The molecule has 0 aliphatic heterocycles. The first-order valence-corrected chi connectivity index (χ1v) is 7.95. The van der Waals surface area contributed by atoms with Gasteiger partial charge < -0.3 is 0 Å². The number of benzene rings is 2. The molecule has 0 amide bonds. The van der Waals surface area contributed by atoms with E-state index in [4.69, 9.17) is 23.2 Å². The van der Waals surface area contributed by atoms with E-state index in [0.29, 0.717) is 5.15 Å². The summed E-state index contributed by atoms with van der Waals surface area (Å²) in [5.41, 5.74) is 1.94. The molecule has 2 aromatic carbocycles. The summed E-state index contributed by atoms with van der Waals surface area (Å²) >= 11 is 13.6. The van der Waals surface area contributed by atoms with Gasteiger partial charge in [-0.15, -0.1) is 0 Å². The molecule has 104 valence electrons. The summed E-state index contributed by atoms with van der Waals surface area (Å²) in [5.74, 6) is 0. The van der Waals surface area contributed by atoms with Gasteiger partial charge in [-0.3, -0.25) is 0 Å². The first-order valence-electron chi connectivity index (χ1n) is 6.38. The highest BCUT2D eigenvalue weighted by Crippen LogP contribution is 2.35. The summed E-state index contributed by atoms with van der Waals surface area (Å²) in [6.07, 6.45) is 0. The predicted molar refractivity (Wildman–Crippen MR) is 90.3 cm³/mol. The average molecular weight is 332 g/mol. The molecular formula is C17H11Cl2NS. The van der Waals surface area contributed by atoms with Crippen molar-refractivity contribution >= 4 is 35.0 Å². The van der Waals surface area contributed by atoms with E-state index in [2.05, 4.69) is 4.98 Å². The van der Waals surface area contributed by atoms with E-state index in [9.17, 15) is 0 Å². The average Bonchev–Trinajstić information content (AvgIpc) is 2.52. The lowest BCUT2D eigenvalue weighted by Crippen LogP contribution is -1.88. The van der Waals surface area contributed by atoms with E-state index in [1.165, 1.54) is 0 Å². The molecule has 0 radical (unpaired) electrons. The lowest BCUT2D eigenvalue weighted by atomic mass is 10.1. The number of rotatable bonds is 3. The number of halogens is 2. The maximum absolute atomic E-state index is 6.05. The van der Waals surface area contributed by atoms with Gasteiger partial charge >= 0.3 is 0 Å². The Morgan fingerprint density at radius 3 is 2.19 bits per heavy atom. The van der Waals surface area contributed by atoms with Gasteiger partial charge in [-0.25, -0.2) is 4.98 Å². The smallest absolute Gasteiger partial charge is 0.129 e. The fraction of sp³-hybridized carbons (Fsp3) is 0. The van der Waals surface area contributed by atoms with E-state index in [0.717, 1.165) is 26.1 Å². The molecule has 1 aromatic heterocycles. The number of pyridine rings is 1. The van der Waals surface area contributed by atoms with Crippen LogP contribution in [0.1, 0.15) is 0 Å². The summed E-state index contributed by atoms with van der Waals surface area (Å²) in [6.45, 7) is 0. The molecule has 0 unspecified atom stereocenters. The van der Waals surface area contributed by atoms with E-state index in [-0.39, 0.29) is 0 Å². The minimum absolute atomic E-state index is 0.495. The molecule has 0 atom stereocenters. The molecule has 0 saturated heterocycles. The second kappa shape index (κ2) is 6.52. The zero-order chi connectivity index (χ0) is 14.7. The molecule has 0 spiro atoms. The SMILES string of the molecule is Clc1ccc(Sc2ccc(Cl)nc2-c2ccccc2)cc1. The molecule has 0 aliphatic carbocycles. The van der Waals surface area contributed by atoms with Crippen molar-refractivity contribution in [2.45, 2.75) is 9.79 Å². The summed E-state index contributed by atoms with van der Waals surface area (Å²) in [5, 5.41) is 1.23. The third kappa shape index (κ3) is 3.59. The van der Waals surface area contributed by atoms with E-state index in [1.807, 2.05) is 66.7 Å². The van der Waals surface area contributed by atoms with E-state index in [1.54, 1.807) is 11.8 Å². The molecule has 21 heavy (non-hydrogen) atoms. The second-order valence-electron chi connectivity index (χ2n) is 4.40. The van der Waals surface area contributed by atoms with Gasteiger partial charge in [-0.2, -0.15) is 0 Å². The Bertz CT molecular complexity index is 742. The van der Waals surface area contributed by atoms with Crippen LogP contribution < -0.4 is 0 Å². The Morgan fingerprint density at radius 2 is 1.48 bits per heavy atom. The van der Waals surface area contributed by atoms with Crippen molar-refractivity contribution in [3.05, 3.63) is 76.9 Å². The highest BCUT2D eigenvalue weighted by Gasteiger charge is 2.09. The quantitative estimate of drug-likeness (QED) is 0.529. The molecule has 1 heterocycles. The lowest BCUT2D eigenvalue weighted by molar-refractivity contribution is 1.24. The number of hydrogen-bond donors (Lipinski definition) is 0. The van der Waals surface area contributed by atoms with Gasteiger partial charge in [0.1, 0.15) is 5.15 Å². The Kier molecular flexibility index (Phi) is 4.49. The molecule has 3 rings (SSSR count). The first-order chi connectivity index (χ1) is 10.2. The fourth-order valence-electron chi connectivity index (χ4n) is 1.94. The first kappa shape index (κ1) is 14.5. The molecule has 3 aromatic rings. The molecule has 0 saturated carbocycles. The zero-order valence-corrected chi connectivity index (χ0v) is 13.3. The number of hydrogen-bond acceptors (Lipinski definition) is 2. The minimum atomic E-state index is 0.495. The highest BCUT2D eigenvalue weighted by molar-refractivity contribution is 7.99. The molecule has 0 fully saturated rings. The van der Waals surface area contributed by atoms with Gasteiger partial charge in [0.2, 0.25) is 0 Å². The number of aromatic nitrogens is 1. The molecular weight excluding hydrogens is 321 g/mol. The van der Waals surface area contributed by atoms with Crippen molar-refractivity contribution in [3.63, 3.8) is 0 Å². The van der Waals surface area contributed by atoms with Crippen molar-refractivity contribution in [3.8, 4) is 11.3 Å². The van der Waals surface area contributed by atoms with Crippen LogP contribution in [-0.2, 0) is 0 Å². The molecule has 0 aliphatic rings. The van der Waals surface area contributed by atoms with Crippen molar-refractivity contribution in [1.29, 1.82) is 0 Å². The second-order valence-corrected chi connectivity index (χ2v) is 6.34. The third-order valence-electron chi connectivity index (χ3n) is 2.91. The van der Waals surface area contributed by atoms with Crippen LogP contribution in [0.2, 0.25) is 10.2 Å². The minimum Gasteiger partial charge on any atom is -0.235 e. The van der Waals surface area contributed by atoms with Crippen molar-refractivity contribution in [2.24, 2.45) is 0 Å². The topological polar surface area (TPSA) is 12.9 Å². The predicted octanol–water partition coefficient (Wildman–Crippen LogP) is 6.21. The Labute approximate surface area is 137 Å². The van der Waals surface area contributed by atoms with Crippen LogP contribution >= 0.6 is 35.0 Å². The van der Waals surface area contributed by atoms with Crippen LogP contribution in [-0.4, -0.2) is 4.98 Å². The Morgan fingerprint density at radius 1 is 0.762 bits per heavy atom. The van der Waals surface area contributed by atoms with Crippen LogP contribution in [0, 0.1) is 0 Å². The van der Waals surface area contributed by atoms with E-state index < -0.39 is 0 Å². The fourth-order valence-corrected chi connectivity index (χ4v) is 3.13. The van der Waals surface area contributed by atoms with Gasteiger partial charge in [0.15, 0.2) is 0 Å². The normalized spacial score (nSPS) is 10.6. The van der Waals surface area contributed by atoms with Crippen LogP contribution in [0.4, 0.5) is 0 Å².